The molecule has 0 aromatic heterocycles. The van der Waals surface area contributed by atoms with Crippen molar-refractivity contribution in [1.29, 1.82) is 0 Å². The van der Waals surface area contributed by atoms with Crippen LogP contribution in [0.25, 0.3) is 0 Å². The fraction of sp³-hybridized carbons (Fsp3) is 0.625. The van der Waals surface area contributed by atoms with Crippen LogP contribution in [0, 0.1) is 17.7 Å². The molecule has 118 valence electrons. The van der Waals surface area contributed by atoms with Gasteiger partial charge in [-0.05, 0) is 36.8 Å². The van der Waals surface area contributed by atoms with Gasteiger partial charge in [-0.1, -0.05) is 26.7 Å². The first-order valence-corrected chi connectivity index (χ1v) is 7.46. The van der Waals surface area contributed by atoms with Crippen molar-refractivity contribution in [1.82, 2.24) is 0 Å². The molecule has 1 aromatic rings. The maximum absolute atomic E-state index is 13.7. The Hall–Kier alpha value is -1.39. The molecule has 0 radical (unpaired) electrons. The van der Waals surface area contributed by atoms with Gasteiger partial charge in [-0.3, -0.25) is 0 Å². The Kier molecular flexibility index (Phi) is 5.37. The molecule has 21 heavy (non-hydrogen) atoms. The van der Waals surface area contributed by atoms with Crippen molar-refractivity contribution >= 4 is 5.69 Å². The highest BCUT2D eigenvalue weighted by molar-refractivity contribution is 5.48. The molecule has 0 aliphatic heterocycles. The summed E-state index contributed by atoms with van der Waals surface area (Å²) in [5, 5.41) is 3.30. The van der Waals surface area contributed by atoms with E-state index in [0.717, 1.165) is 19.3 Å². The Morgan fingerprint density at radius 3 is 2.62 bits per heavy atom. The lowest BCUT2D eigenvalue weighted by Gasteiger charge is -2.32. The van der Waals surface area contributed by atoms with Gasteiger partial charge in [0, 0.05) is 17.8 Å². The third-order valence-corrected chi connectivity index (χ3v) is 4.18. The van der Waals surface area contributed by atoms with Gasteiger partial charge in [-0.15, -0.1) is 0 Å². The molecule has 1 saturated carbocycles. The number of halogens is 3. The van der Waals surface area contributed by atoms with Crippen LogP contribution in [0.5, 0.6) is 5.75 Å². The van der Waals surface area contributed by atoms with Gasteiger partial charge in [0.1, 0.15) is 0 Å². The van der Waals surface area contributed by atoms with Crippen LogP contribution in [0.15, 0.2) is 18.2 Å². The first-order chi connectivity index (χ1) is 9.95. The normalized spacial score (nSPS) is 22.6. The first kappa shape index (κ1) is 16.0. The SMILES string of the molecule is CC(C)C1CCCC(Nc2ccc(OC(F)F)c(F)c2)C1. The van der Waals surface area contributed by atoms with E-state index in [-0.39, 0.29) is 0 Å². The monoisotopic (exact) mass is 301 g/mol. The minimum atomic E-state index is -3.01. The van der Waals surface area contributed by atoms with Gasteiger partial charge in [0.05, 0.1) is 0 Å². The van der Waals surface area contributed by atoms with Gasteiger partial charge < -0.3 is 10.1 Å². The van der Waals surface area contributed by atoms with E-state index in [1.54, 1.807) is 6.07 Å². The lowest BCUT2D eigenvalue weighted by Crippen LogP contribution is -2.29. The number of benzene rings is 1. The third kappa shape index (κ3) is 4.55. The molecule has 1 aliphatic rings. The maximum Gasteiger partial charge on any atom is 0.387 e. The standard InChI is InChI=1S/C16H22F3NO/c1-10(2)11-4-3-5-12(8-11)20-13-6-7-15(14(17)9-13)21-16(18)19/h6-7,9-12,16,20H,3-5,8H2,1-2H3. The minimum absolute atomic E-state index is 0.312. The largest absolute Gasteiger partial charge is 0.432 e. The van der Waals surface area contributed by atoms with Crippen LogP contribution in [0.3, 0.4) is 0 Å². The molecule has 1 fully saturated rings. The Bertz CT molecular complexity index is 465. The molecule has 0 amide bonds. The third-order valence-electron chi connectivity index (χ3n) is 4.18. The first-order valence-electron chi connectivity index (χ1n) is 7.46. The second-order valence-electron chi connectivity index (χ2n) is 6.04. The maximum atomic E-state index is 13.7. The molecular formula is C16H22F3NO. The molecule has 2 unspecified atom stereocenters. The predicted octanol–water partition coefficient (Wildman–Crippen LogP) is 5.05. The lowest BCUT2D eigenvalue weighted by atomic mass is 9.79. The fourth-order valence-electron chi connectivity index (χ4n) is 2.98. The number of alkyl halides is 2. The van der Waals surface area contributed by atoms with Crippen LogP contribution in [0.4, 0.5) is 18.9 Å². The van der Waals surface area contributed by atoms with Gasteiger partial charge in [-0.25, -0.2) is 4.39 Å². The molecule has 5 heteroatoms. The van der Waals surface area contributed by atoms with E-state index in [9.17, 15) is 13.2 Å². The fourth-order valence-corrected chi connectivity index (χ4v) is 2.98. The Labute approximate surface area is 123 Å². The van der Waals surface area contributed by atoms with E-state index in [1.165, 1.54) is 18.6 Å². The smallest absolute Gasteiger partial charge is 0.387 e. The highest BCUT2D eigenvalue weighted by atomic mass is 19.3. The zero-order chi connectivity index (χ0) is 15.4. The van der Waals surface area contributed by atoms with Gasteiger partial charge >= 0.3 is 6.61 Å². The number of anilines is 1. The van der Waals surface area contributed by atoms with Crippen molar-refractivity contribution < 1.29 is 17.9 Å². The number of ether oxygens (including phenoxy) is 1. The van der Waals surface area contributed by atoms with Crippen molar-refractivity contribution in [2.75, 3.05) is 5.32 Å². The average molecular weight is 301 g/mol. The molecule has 0 bridgehead atoms. The minimum Gasteiger partial charge on any atom is -0.432 e. The van der Waals surface area contributed by atoms with E-state index < -0.39 is 18.2 Å². The summed E-state index contributed by atoms with van der Waals surface area (Å²) in [5.74, 6) is 0.145. The number of hydrogen-bond acceptors (Lipinski definition) is 2. The molecule has 0 spiro atoms. The molecular weight excluding hydrogens is 279 g/mol. The lowest BCUT2D eigenvalue weighted by molar-refractivity contribution is -0.0521. The highest BCUT2D eigenvalue weighted by Crippen LogP contribution is 2.32. The van der Waals surface area contributed by atoms with Crippen molar-refractivity contribution in [3.8, 4) is 5.75 Å². The second kappa shape index (κ2) is 7.05. The highest BCUT2D eigenvalue weighted by Gasteiger charge is 2.24. The van der Waals surface area contributed by atoms with E-state index in [1.807, 2.05) is 0 Å². The number of hydrogen-bond donors (Lipinski definition) is 1. The van der Waals surface area contributed by atoms with E-state index in [0.29, 0.717) is 23.6 Å². The quantitative estimate of drug-likeness (QED) is 0.821. The van der Waals surface area contributed by atoms with E-state index >= 15 is 0 Å². The van der Waals surface area contributed by atoms with E-state index in [2.05, 4.69) is 23.9 Å². The summed E-state index contributed by atoms with van der Waals surface area (Å²) in [6.07, 6.45) is 4.52. The van der Waals surface area contributed by atoms with Crippen molar-refractivity contribution in [2.24, 2.45) is 11.8 Å². The Morgan fingerprint density at radius 1 is 1.24 bits per heavy atom. The van der Waals surface area contributed by atoms with E-state index in [4.69, 9.17) is 0 Å². The van der Waals surface area contributed by atoms with Crippen molar-refractivity contribution in [3.63, 3.8) is 0 Å². The predicted molar refractivity (Wildman–Crippen MR) is 77.2 cm³/mol. The molecule has 2 nitrogen and oxygen atoms in total. The summed E-state index contributed by atoms with van der Waals surface area (Å²) in [6.45, 7) is 1.44. The summed E-state index contributed by atoms with van der Waals surface area (Å²) in [4.78, 5) is 0. The summed E-state index contributed by atoms with van der Waals surface area (Å²) < 4.78 is 41.9. The number of rotatable bonds is 5. The van der Waals surface area contributed by atoms with Gasteiger partial charge in [-0.2, -0.15) is 8.78 Å². The summed E-state index contributed by atoms with van der Waals surface area (Å²) in [5.41, 5.74) is 0.614. The zero-order valence-electron chi connectivity index (χ0n) is 12.4. The molecule has 1 N–H and O–H groups in total. The van der Waals surface area contributed by atoms with Crippen molar-refractivity contribution in [2.45, 2.75) is 52.2 Å². The van der Waals surface area contributed by atoms with Crippen molar-refractivity contribution in [3.05, 3.63) is 24.0 Å². The molecule has 1 aromatic carbocycles. The van der Waals surface area contributed by atoms with Crippen LogP contribution in [-0.2, 0) is 0 Å². The van der Waals surface area contributed by atoms with Crippen LogP contribution in [0.1, 0.15) is 39.5 Å². The zero-order valence-corrected chi connectivity index (χ0v) is 12.4. The van der Waals surface area contributed by atoms with Gasteiger partial charge in [0.15, 0.2) is 11.6 Å². The molecule has 0 heterocycles. The Balaban J connectivity index is 1.98. The molecule has 1 aliphatic carbocycles. The summed E-state index contributed by atoms with van der Waals surface area (Å²) >= 11 is 0. The molecule has 2 rings (SSSR count). The van der Waals surface area contributed by atoms with Gasteiger partial charge in [0.2, 0.25) is 0 Å². The van der Waals surface area contributed by atoms with Gasteiger partial charge in [0.25, 0.3) is 0 Å². The second-order valence-corrected chi connectivity index (χ2v) is 6.04. The molecule has 0 saturated heterocycles. The van der Waals surface area contributed by atoms with Crippen LogP contribution in [-0.4, -0.2) is 12.7 Å². The average Bonchev–Trinajstić information content (AvgIpc) is 2.42. The van der Waals surface area contributed by atoms with Crippen LogP contribution in [0.2, 0.25) is 0 Å². The number of nitrogens with one attached hydrogen (secondary N) is 1. The summed E-state index contributed by atoms with van der Waals surface area (Å²) in [6, 6.07) is 4.36. The van der Waals surface area contributed by atoms with Crippen LogP contribution < -0.4 is 10.1 Å². The van der Waals surface area contributed by atoms with Crippen LogP contribution >= 0.6 is 0 Å². The Morgan fingerprint density at radius 2 is 2.00 bits per heavy atom. The molecule has 2 atom stereocenters. The summed E-state index contributed by atoms with van der Waals surface area (Å²) in [7, 11) is 0. The topological polar surface area (TPSA) is 21.3 Å².